The quantitative estimate of drug-likeness (QED) is 0.472. The molecule has 11 heavy (non-hydrogen) atoms. The maximum atomic E-state index is 11.4. The highest BCUT2D eigenvalue weighted by Gasteiger charge is 2.24. The lowest BCUT2D eigenvalue weighted by Gasteiger charge is -2.14. The summed E-state index contributed by atoms with van der Waals surface area (Å²) >= 11 is 0. The van der Waals surface area contributed by atoms with E-state index in [1.54, 1.807) is 7.05 Å². The summed E-state index contributed by atoms with van der Waals surface area (Å²) in [6, 6.07) is 0. The molecule has 0 atom stereocenters. The first-order chi connectivity index (χ1) is 5.25. The third kappa shape index (κ3) is 1.79. The van der Waals surface area contributed by atoms with E-state index in [4.69, 9.17) is 5.41 Å². The van der Waals surface area contributed by atoms with E-state index in [1.807, 2.05) is 0 Å². The van der Waals surface area contributed by atoms with E-state index in [9.17, 15) is 4.79 Å². The second-order valence-corrected chi connectivity index (χ2v) is 3.06. The monoisotopic (exact) mass is 154 g/mol. The molecule has 3 nitrogen and oxygen atoms in total. The van der Waals surface area contributed by atoms with Gasteiger partial charge in [-0.3, -0.25) is 10.2 Å². The van der Waals surface area contributed by atoms with Crippen LogP contribution in [0.15, 0.2) is 0 Å². The molecular formula is C8H14N2O. The van der Waals surface area contributed by atoms with Gasteiger partial charge in [0.2, 0.25) is 5.91 Å². The topological polar surface area (TPSA) is 44.2 Å². The highest BCUT2D eigenvalue weighted by Crippen LogP contribution is 2.25. The maximum absolute atomic E-state index is 11.4. The minimum atomic E-state index is 0.109. The Morgan fingerprint density at radius 1 is 1.55 bits per heavy atom. The molecule has 1 aliphatic rings. The number of rotatable bonds is 2. The fraction of sp³-hybridized carbons (Fsp3) is 0.750. The van der Waals surface area contributed by atoms with Crippen LogP contribution in [0.1, 0.15) is 25.7 Å². The minimum absolute atomic E-state index is 0.109. The summed E-state index contributed by atoms with van der Waals surface area (Å²) < 4.78 is 0. The van der Waals surface area contributed by atoms with Crippen molar-refractivity contribution in [3.8, 4) is 0 Å². The van der Waals surface area contributed by atoms with Crippen LogP contribution in [0.3, 0.4) is 0 Å². The zero-order valence-electron chi connectivity index (χ0n) is 6.84. The predicted molar refractivity (Wildman–Crippen MR) is 43.5 cm³/mol. The Kier molecular flexibility index (Phi) is 2.63. The van der Waals surface area contributed by atoms with Crippen LogP contribution >= 0.6 is 0 Å². The third-order valence-electron chi connectivity index (χ3n) is 2.25. The minimum Gasteiger partial charge on any atom is -0.306 e. The largest absolute Gasteiger partial charge is 0.306 e. The molecule has 1 saturated carbocycles. The second kappa shape index (κ2) is 3.51. The van der Waals surface area contributed by atoms with Gasteiger partial charge in [-0.2, -0.15) is 0 Å². The Labute approximate surface area is 66.9 Å². The number of amides is 1. The molecule has 1 rings (SSSR count). The van der Waals surface area contributed by atoms with Crippen molar-refractivity contribution in [3.05, 3.63) is 0 Å². The van der Waals surface area contributed by atoms with Crippen molar-refractivity contribution >= 4 is 12.2 Å². The molecule has 0 aromatic rings. The van der Waals surface area contributed by atoms with Gasteiger partial charge in [0.25, 0.3) is 0 Å². The Morgan fingerprint density at radius 3 is 2.55 bits per heavy atom. The van der Waals surface area contributed by atoms with Crippen molar-refractivity contribution < 1.29 is 4.79 Å². The first kappa shape index (κ1) is 8.24. The highest BCUT2D eigenvalue weighted by molar-refractivity contribution is 5.88. The van der Waals surface area contributed by atoms with E-state index in [0.717, 1.165) is 19.2 Å². The van der Waals surface area contributed by atoms with Gasteiger partial charge in [-0.15, -0.1) is 0 Å². The number of hydrogen-bond acceptors (Lipinski definition) is 2. The van der Waals surface area contributed by atoms with Gasteiger partial charge >= 0.3 is 0 Å². The summed E-state index contributed by atoms with van der Waals surface area (Å²) in [6.07, 6.45) is 5.44. The van der Waals surface area contributed by atoms with Crippen LogP contribution in [0.4, 0.5) is 0 Å². The van der Waals surface area contributed by atoms with E-state index in [0.29, 0.717) is 0 Å². The molecule has 62 valence electrons. The molecule has 1 N–H and O–H groups in total. The summed E-state index contributed by atoms with van der Waals surface area (Å²) in [6.45, 7) is 0. The normalized spacial score (nSPS) is 18.3. The van der Waals surface area contributed by atoms with Crippen LogP contribution in [0.2, 0.25) is 0 Å². The zero-order chi connectivity index (χ0) is 8.27. The molecule has 1 aliphatic carbocycles. The first-order valence-electron chi connectivity index (χ1n) is 4.03. The Bertz CT molecular complexity index is 161. The Hall–Kier alpha value is -0.860. The molecule has 0 heterocycles. The molecule has 0 saturated heterocycles. The lowest BCUT2D eigenvalue weighted by Crippen LogP contribution is -2.30. The van der Waals surface area contributed by atoms with E-state index < -0.39 is 0 Å². The number of carbonyl (C=O) groups excluding carboxylic acids is 1. The van der Waals surface area contributed by atoms with Crippen LogP contribution in [0, 0.1) is 11.3 Å². The number of hydrogen-bond donors (Lipinski definition) is 1. The van der Waals surface area contributed by atoms with E-state index in [2.05, 4.69) is 0 Å². The second-order valence-electron chi connectivity index (χ2n) is 3.06. The average molecular weight is 154 g/mol. The van der Waals surface area contributed by atoms with Crippen LogP contribution in [0.5, 0.6) is 0 Å². The zero-order valence-corrected chi connectivity index (χ0v) is 6.84. The maximum Gasteiger partial charge on any atom is 0.230 e. The molecular weight excluding hydrogens is 140 g/mol. The molecule has 1 amide bonds. The number of carbonyl (C=O) groups is 1. The van der Waals surface area contributed by atoms with E-state index in [1.165, 1.54) is 17.7 Å². The van der Waals surface area contributed by atoms with Gasteiger partial charge in [0.15, 0.2) is 0 Å². The smallest absolute Gasteiger partial charge is 0.230 e. The summed E-state index contributed by atoms with van der Waals surface area (Å²) in [5.74, 6) is 0.305. The molecule has 0 bridgehead atoms. The van der Waals surface area contributed by atoms with Crippen LogP contribution in [0.25, 0.3) is 0 Å². The van der Waals surface area contributed by atoms with E-state index in [-0.39, 0.29) is 11.8 Å². The van der Waals surface area contributed by atoms with Gasteiger partial charge in [-0.25, -0.2) is 0 Å². The van der Waals surface area contributed by atoms with Gasteiger partial charge in [-0.1, -0.05) is 12.8 Å². The van der Waals surface area contributed by atoms with Gasteiger partial charge in [0.05, 0.1) is 6.34 Å². The van der Waals surface area contributed by atoms with Crippen LogP contribution in [-0.4, -0.2) is 24.2 Å². The number of nitrogens with zero attached hydrogens (tertiary/aromatic N) is 1. The van der Waals surface area contributed by atoms with Gasteiger partial charge in [0.1, 0.15) is 0 Å². The fourth-order valence-electron chi connectivity index (χ4n) is 1.52. The van der Waals surface area contributed by atoms with Crippen molar-refractivity contribution in [2.24, 2.45) is 5.92 Å². The van der Waals surface area contributed by atoms with Crippen molar-refractivity contribution in [1.82, 2.24) is 4.90 Å². The SMILES string of the molecule is CN(C=N)C(=O)C1CCCC1. The summed E-state index contributed by atoms with van der Waals surface area (Å²) in [5, 5.41) is 6.88. The molecule has 1 fully saturated rings. The Balaban J connectivity index is 2.45. The molecule has 0 spiro atoms. The van der Waals surface area contributed by atoms with Crippen molar-refractivity contribution in [3.63, 3.8) is 0 Å². The molecule has 0 aromatic heterocycles. The summed E-state index contributed by atoms with van der Waals surface area (Å²) in [4.78, 5) is 12.7. The van der Waals surface area contributed by atoms with Crippen molar-refractivity contribution in [1.29, 1.82) is 5.41 Å². The number of nitrogens with one attached hydrogen (secondary N) is 1. The fourth-order valence-corrected chi connectivity index (χ4v) is 1.52. The first-order valence-corrected chi connectivity index (χ1v) is 4.03. The summed E-state index contributed by atoms with van der Waals surface area (Å²) in [5.41, 5.74) is 0. The van der Waals surface area contributed by atoms with Crippen LogP contribution < -0.4 is 0 Å². The van der Waals surface area contributed by atoms with Crippen molar-refractivity contribution in [2.45, 2.75) is 25.7 Å². The average Bonchev–Trinajstić information content (AvgIpc) is 2.53. The Morgan fingerprint density at radius 2 is 2.09 bits per heavy atom. The molecule has 0 radical (unpaired) electrons. The van der Waals surface area contributed by atoms with Crippen LogP contribution in [-0.2, 0) is 4.79 Å². The molecule has 3 heteroatoms. The van der Waals surface area contributed by atoms with Gasteiger partial charge < -0.3 is 4.90 Å². The highest BCUT2D eigenvalue weighted by atomic mass is 16.2. The molecule has 0 unspecified atom stereocenters. The standard InChI is InChI=1S/C8H14N2O/c1-10(6-9)8(11)7-4-2-3-5-7/h6-7,9H,2-5H2,1H3. The summed E-state index contributed by atoms with van der Waals surface area (Å²) in [7, 11) is 1.65. The molecule has 0 aromatic carbocycles. The molecule has 0 aliphatic heterocycles. The van der Waals surface area contributed by atoms with Gasteiger partial charge in [-0.05, 0) is 12.8 Å². The lowest BCUT2D eigenvalue weighted by molar-refractivity contribution is -0.130. The lowest BCUT2D eigenvalue weighted by atomic mass is 10.1. The van der Waals surface area contributed by atoms with Crippen molar-refractivity contribution in [2.75, 3.05) is 7.05 Å². The van der Waals surface area contributed by atoms with Gasteiger partial charge in [0, 0.05) is 13.0 Å². The predicted octanol–water partition coefficient (Wildman–Crippen LogP) is 1.24. The third-order valence-corrected chi connectivity index (χ3v) is 2.25. The van der Waals surface area contributed by atoms with E-state index >= 15 is 0 Å².